The topological polar surface area (TPSA) is 49.8 Å². The molecule has 0 bridgehead atoms. The quantitative estimate of drug-likeness (QED) is 0.863. The molecule has 0 radical (unpaired) electrons. The Labute approximate surface area is 129 Å². The third-order valence-corrected chi connectivity index (χ3v) is 4.12. The van der Waals surface area contributed by atoms with Crippen LogP contribution in [-0.2, 0) is 0 Å². The minimum absolute atomic E-state index is 0.549. The second-order valence-electron chi connectivity index (χ2n) is 5.80. The van der Waals surface area contributed by atoms with Gasteiger partial charge in [-0.2, -0.15) is 4.98 Å². The number of aromatic nitrogens is 2. The summed E-state index contributed by atoms with van der Waals surface area (Å²) < 4.78 is 0. The van der Waals surface area contributed by atoms with Gasteiger partial charge in [-0.15, -0.1) is 0 Å². The maximum Gasteiger partial charge on any atom is 0.225 e. The molecular weight excluding hydrogens is 284 g/mol. The molecule has 1 aromatic heterocycles. The van der Waals surface area contributed by atoms with Crippen LogP contribution in [-0.4, -0.2) is 16.0 Å². The van der Waals surface area contributed by atoms with Gasteiger partial charge in [0.2, 0.25) is 5.95 Å². The Morgan fingerprint density at radius 2 is 1.86 bits per heavy atom. The number of rotatable bonds is 5. The molecule has 2 aliphatic carbocycles. The lowest BCUT2D eigenvalue weighted by atomic mass is 10.2. The van der Waals surface area contributed by atoms with Gasteiger partial charge in [-0.25, -0.2) is 4.98 Å². The molecule has 21 heavy (non-hydrogen) atoms. The van der Waals surface area contributed by atoms with E-state index < -0.39 is 0 Å². The fourth-order valence-electron chi connectivity index (χ4n) is 2.29. The molecule has 0 spiro atoms. The van der Waals surface area contributed by atoms with Crippen molar-refractivity contribution in [2.75, 3.05) is 10.6 Å². The second-order valence-corrected chi connectivity index (χ2v) is 6.21. The highest BCUT2D eigenvalue weighted by atomic mass is 35.5. The van der Waals surface area contributed by atoms with Gasteiger partial charge < -0.3 is 10.6 Å². The third kappa shape index (κ3) is 3.10. The zero-order valence-corrected chi connectivity index (χ0v) is 12.4. The number of anilines is 3. The molecule has 0 amide bonds. The first kappa shape index (κ1) is 12.9. The van der Waals surface area contributed by atoms with Gasteiger partial charge in [-0.1, -0.05) is 23.7 Å². The van der Waals surface area contributed by atoms with Gasteiger partial charge in [0, 0.05) is 18.0 Å². The van der Waals surface area contributed by atoms with Crippen molar-refractivity contribution in [3.05, 3.63) is 41.0 Å². The summed E-state index contributed by atoms with van der Waals surface area (Å²) in [7, 11) is 0. The highest BCUT2D eigenvalue weighted by molar-refractivity contribution is 6.33. The number of para-hydroxylation sites is 1. The summed E-state index contributed by atoms with van der Waals surface area (Å²) in [6, 6.07) is 10.3. The number of benzene rings is 1. The first-order chi connectivity index (χ1) is 10.3. The molecule has 2 N–H and O–H groups in total. The van der Waals surface area contributed by atoms with Gasteiger partial charge in [0.15, 0.2) is 0 Å². The molecule has 2 saturated carbocycles. The third-order valence-electron chi connectivity index (χ3n) is 3.79. The van der Waals surface area contributed by atoms with Crippen LogP contribution in [0.3, 0.4) is 0 Å². The maximum absolute atomic E-state index is 6.20. The lowest BCUT2D eigenvalue weighted by Gasteiger charge is -2.11. The Bertz CT molecular complexity index is 665. The first-order valence-corrected chi connectivity index (χ1v) is 7.83. The Kier molecular flexibility index (Phi) is 3.19. The average Bonchev–Trinajstić information content (AvgIpc) is 3.35. The van der Waals surface area contributed by atoms with Crippen LogP contribution in [0.25, 0.3) is 0 Å². The molecule has 0 unspecified atom stereocenters. The summed E-state index contributed by atoms with van der Waals surface area (Å²) in [5, 5.41) is 7.39. The predicted octanol–water partition coefficient (Wildman–Crippen LogP) is 4.33. The fourth-order valence-corrected chi connectivity index (χ4v) is 2.48. The van der Waals surface area contributed by atoms with Crippen molar-refractivity contribution in [1.29, 1.82) is 0 Å². The van der Waals surface area contributed by atoms with E-state index in [2.05, 4.69) is 20.6 Å². The molecule has 5 heteroatoms. The zero-order valence-electron chi connectivity index (χ0n) is 11.6. The van der Waals surface area contributed by atoms with Gasteiger partial charge in [0.25, 0.3) is 0 Å². The summed E-state index contributed by atoms with van der Waals surface area (Å²) in [5.74, 6) is 2.14. The number of nitrogens with one attached hydrogen (secondary N) is 2. The van der Waals surface area contributed by atoms with Gasteiger partial charge in [0.05, 0.1) is 16.4 Å². The molecular formula is C16H17ClN4. The molecule has 108 valence electrons. The van der Waals surface area contributed by atoms with E-state index >= 15 is 0 Å². The predicted molar refractivity (Wildman–Crippen MR) is 85.4 cm³/mol. The minimum Gasteiger partial charge on any atom is -0.351 e. The molecule has 4 nitrogen and oxygen atoms in total. The van der Waals surface area contributed by atoms with E-state index in [1.165, 1.54) is 25.7 Å². The highest BCUT2D eigenvalue weighted by Gasteiger charge is 2.27. The lowest BCUT2D eigenvalue weighted by Crippen LogP contribution is -2.08. The van der Waals surface area contributed by atoms with Crippen molar-refractivity contribution in [1.82, 2.24) is 9.97 Å². The zero-order chi connectivity index (χ0) is 14.2. The molecule has 0 atom stereocenters. The summed E-state index contributed by atoms with van der Waals surface area (Å²) in [6.07, 6.45) is 4.88. The van der Waals surface area contributed by atoms with E-state index in [-0.39, 0.29) is 0 Å². The van der Waals surface area contributed by atoms with Crippen molar-refractivity contribution in [2.45, 2.75) is 37.6 Å². The number of hydrogen-bond acceptors (Lipinski definition) is 4. The van der Waals surface area contributed by atoms with Gasteiger partial charge >= 0.3 is 0 Å². The Hall–Kier alpha value is -1.81. The number of halogens is 1. The number of nitrogens with zero attached hydrogens (tertiary/aromatic N) is 2. The maximum atomic E-state index is 6.20. The van der Waals surface area contributed by atoms with Gasteiger partial charge in [-0.3, -0.25) is 0 Å². The van der Waals surface area contributed by atoms with Crippen molar-refractivity contribution < 1.29 is 0 Å². The van der Waals surface area contributed by atoms with Crippen LogP contribution in [0, 0.1) is 0 Å². The molecule has 1 heterocycles. The van der Waals surface area contributed by atoms with Crippen LogP contribution in [0.2, 0.25) is 5.02 Å². The van der Waals surface area contributed by atoms with Gasteiger partial charge in [0.1, 0.15) is 5.82 Å². The van der Waals surface area contributed by atoms with Crippen molar-refractivity contribution in [3.63, 3.8) is 0 Å². The SMILES string of the molecule is Clc1ccccc1Nc1cc(C2CC2)nc(NC2CC2)n1. The first-order valence-electron chi connectivity index (χ1n) is 7.45. The van der Waals surface area contributed by atoms with Crippen LogP contribution in [0.15, 0.2) is 30.3 Å². The van der Waals surface area contributed by atoms with E-state index in [0.717, 1.165) is 23.1 Å². The summed E-state index contributed by atoms with van der Waals surface area (Å²) in [5.41, 5.74) is 2.00. The molecule has 4 rings (SSSR count). The van der Waals surface area contributed by atoms with Crippen molar-refractivity contribution in [2.24, 2.45) is 0 Å². The second kappa shape index (κ2) is 5.19. The summed E-state index contributed by atoms with van der Waals surface area (Å²) in [6.45, 7) is 0. The largest absolute Gasteiger partial charge is 0.351 e. The van der Waals surface area contributed by atoms with Crippen molar-refractivity contribution >= 4 is 29.1 Å². The Balaban J connectivity index is 1.63. The van der Waals surface area contributed by atoms with Crippen molar-refractivity contribution in [3.8, 4) is 0 Å². The standard InChI is InChI=1S/C16H17ClN4/c17-12-3-1-2-4-13(12)19-15-9-14(10-5-6-10)20-16(21-15)18-11-7-8-11/h1-4,9-11H,5-8H2,(H2,18,19,20,21). The van der Waals surface area contributed by atoms with Gasteiger partial charge in [-0.05, 0) is 37.8 Å². The van der Waals surface area contributed by atoms with E-state index in [9.17, 15) is 0 Å². The van der Waals surface area contributed by atoms with E-state index in [4.69, 9.17) is 11.6 Å². The van der Waals surface area contributed by atoms with Crippen LogP contribution in [0.4, 0.5) is 17.5 Å². The molecule has 0 aliphatic heterocycles. The van der Waals surface area contributed by atoms with E-state index in [0.29, 0.717) is 17.0 Å². The minimum atomic E-state index is 0.549. The average molecular weight is 301 g/mol. The number of hydrogen-bond donors (Lipinski definition) is 2. The lowest BCUT2D eigenvalue weighted by molar-refractivity contribution is 0.968. The molecule has 2 fully saturated rings. The molecule has 2 aliphatic rings. The molecule has 2 aromatic rings. The molecule has 0 saturated heterocycles. The van der Waals surface area contributed by atoms with E-state index in [1.54, 1.807) is 0 Å². The highest BCUT2D eigenvalue weighted by Crippen LogP contribution is 2.40. The summed E-state index contributed by atoms with van der Waals surface area (Å²) in [4.78, 5) is 9.21. The van der Waals surface area contributed by atoms with E-state index in [1.807, 2.05) is 30.3 Å². The Morgan fingerprint density at radius 1 is 1.05 bits per heavy atom. The van der Waals surface area contributed by atoms with Crippen LogP contribution in [0.1, 0.15) is 37.3 Å². The summed E-state index contributed by atoms with van der Waals surface area (Å²) >= 11 is 6.20. The van der Waals surface area contributed by atoms with Crippen LogP contribution >= 0.6 is 11.6 Å². The normalized spacial score (nSPS) is 17.6. The monoisotopic (exact) mass is 300 g/mol. The molecule has 1 aromatic carbocycles. The fraction of sp³-hybridized carbons (Fsp3) is 0.375. The Morgan fingerprint density at radius 3 is 2.57 bits per heavy atom. The smallest absolute Gasteiger partial charge is 0.225 e. The van der Waals surface area contributed by atoms with Crippen LogP contribution < -0.4 is 10.6 Å². The van der Waals surface area contributed by atoms with Crippen LogP contribution in [0.5, 0.6) is 0 Å².